The van der Waals surface area contributed by atoms with Crippen LogP contribution in [0.5, 0.6) is 17.2 Å². The number of nitrogens with zero attached hydrogens (tertiary/aromatic N) is 5. The van der Waals surface area contributed by atoms with Crippen LogP contribution in [-0.2, 0) is 26.3 Å². The molecule has 7 rings (SSSR count). The van der Waals surface area contributed by atoms with Crippen LogP contribution in [0.4, 0.5) is 0 Å². The van der Waals surface area contributed by atoms with Crippen LogP contribution < -0.4 is 19.5 Å². The Kier molecular flexibility index (Phi) is 12.0. The van der Waals surface area contributed by atoms with E-state index in [1.54, 1.807) is 12.3 Å². The molecule has 0 aliphatic carbocycles. The Morgan fingerprint density at radius 3 is 2.57 bits per heavy atom. The maximum Gasteiger partial charge on any atom is 0.142 e. The Labute approximate surface area is 326 Å². The van der Waals surface area contributed by atoms with E-state index in [2.05, 4.69) is 52.5 Å². The lowest BCUT2D eigenvalue weighted by Gasteiger charge is -2.29. The van der Waals surface area contributed by atoms with Crippen molar-refractivity contribution in [2.24, 2.45) is 5.92 Å². The van der Waals surface area contributed by atoms with Crippen molar-refractivity contribution < 1.29 is 14.2 Å². The average Bonchev–Trinajstić information content (AvgIpc) is 3.60. The van der Waals surface area contributed by atoms with Crippen LogP contribution in [0.1, 0.15) is 46.4 Å². The van der Waals surface area contributed by atoms with Crippen molar-refractivity contribution in [3.05, 3.63) is 141 Å². The van der Waals surface area contributed by atoms with Crippen LogP contribution in [-0.4, -0.2) is 46.2 Å². The van der Waals surface area contributed by atoms with Gasteiger partial charge >= 0.3 is 0 Å². The number of nitrogens with one attached hydrogen (secondary N) is 1. The first kappa shape index (κ1) is 37.2. The van der Waals surface area contributed by atoms with Crippen LogP contribution in [0.25, 0.3) is 16.6 Å². The largest absolute Gasteiger partial charge is 0.492 e. The molecule has 6 aromatic rings. The fourth-order valence-corrected chi connectivity index (χ4v) is 7.41. The van der Waals surface area contributed by atoms with Crippen LogP contribution in [0.15, 0.2) is 97.5 Å². The Bertz CT molecular complexity index is 2250. The second-order valence-electron chi connectivity index (χ2n) is 13.8. The molecule has 1 N–H and O–H groups in total. The van der Waals surface area contributed by atoms with Gasteiger partial charge in [0.05, 0.1) is 33.4 Å². The van der Waals surface area contributed by atoms with E-state index < -0.39 is 0 Å². The fraction of sp³-hybridized carbons (Fsp3) is 0.279. The first-order valence-corrected chi connectivity index (χ1v) is 18.8. The Hall–Kier alpha value is -5.11. The number of rotatable bonds is 14. The molecule has 1 fully saturated rings. The van der Waals surface area contributed by atoms with Gasteiger partial charge in [-0.1, -0.05) is 59.6 Å². The van der Waals surface area contributed by atoms with Crippen molar-refractivity contribution >= 4 is 28.7 Å². The van der Waals surface area contributed by atoms with Gasteiger partial charge < -0.3 is 24.4 Å². The highest BCUT2D eigenvalue weighted by molar-refractivity contribution is 6.35. The molecule has 1 saturated heterocycles. The van der Waals surface area contributed by atoms with Crippen molar-refractivity contribution in [2.75, 3.05) is 26.7 Å². The van der Waals surface area contributed by atoms with Crippen LogP contribution >= 0.6 is 23.2 Å². The molecule has 0 bridgehead atoms. The van der Waals surface area contributed by atoms with Gasteiger partial charge in [-0.2, -0.15) is 10.4 Å². The van der Waals surface area contributed by atoms with E-state index in [0.717, 1.165) is 64.1 Å². The second kappa shape index (κ2) is 17.4. The summed E-state index contributed by atoms with van der Waals surface area (Å²) in [5, 5.41) is 18.5. The van der Waals surface area contributed by atoms with Crippen molar-refractivity contribution in [3.8, 4) is 34.4 Å². The number of piperidine rings is 1. The van der Waals surface area contributed by atoms with Gasteiger partial charge in [0.15, 0.2) is 0 Å². The van der Waals surface area contributed by atoms with E-state index in [4.69, 9.17) is 37.4 Å². The van der Waals surface area contributed by atoms with Gasteiger partial charge in [0.1, 0.15) is 36.5 Å². The summed E-state index contributed by atoms with van der Waals surface area (Å²) >= 11 is 13.9. The highest BCUT2D eigenvalue weighted by Crippen LogP contribution is 2.39. The molecule has 1 atom stereocenters. The molecule has 276 valence electrons. The summed E-state index contributed by atoms with van der Waals surface area (Å²) in [6, 6.07) is 27.7. The van der Waals surface area contributed by atoms with Gasteiger partial charge in [-0.15, -0.1) is 0 Å². The van der Waals surface area contributed by atoms with Crippen molar-refractivity contribution in [1.82, 2.24) is 24.8 Å². The number of halogens is 2. The number of nitriles is 1. The zero-order valence-electron chi connectivity index (χ0n) is 30.4. The SMILES string of the molecule is Cc1c(COc2cc(OCc3cncc(C#N)c3)c(CNCc3cc4ccccn4n3)cc2Cl)cccc1-c1cccc(OCC2CCCN(C)C2)c1Cl. The molecular formula is C43H42Cl2N6O3. The summed E-state index contributed by atoms with van der Waals surface area (Å²) in [6.07, 6.45) is 7.50. The monoisotopic (exact) mass is 760 g/mol. The third kappa shape index (κ3) is 8.98. The lowest BCUT2D eigenvalue weighted by molar-refractivity contribution is 0.150. The summed E-state index contributed by atoms with van der Waals surface area (Å²) in [7, 11) is 2.16. The standard InChI is InChI=1S/C43H42Cl2N6O3/c1-29-33(9-5-11-37(29)38-12-6-13-40(43(38)45)52-26-30-8-7-14-50(2)25-30)28-54-42-19-41(53-27-32-16-31(20-46)21-47-22-32)34(17-39(42)44)23-48-24-35-18-36-10-3-4-15-51(36)49-35/h3-6,9-13,15-19,21-22,30,48H,7-8,14,23-28H2,1-2H3. The number of pyridine rings is 2. The number of benzene rings is 3. The average molecular weight is 762 g/mol. The number of fused-ring (bicyclic) bond motifs is 1. The maximum atomic E-state index is 9.36. The number of ether oxygens (including phenoxy) is 3. The van der Waals surface area contributed by atoms with Gasteiger partial charge in [0.2, 0.25) is 0 Å². The predicted octanol–water partition coefficient (Wildman–Crippen LogP) is 9.05. The highest BCUT2D eigenvalue weighted by Gasteiger charge is 2.20. The summed E-state index contributed by atoms with van der Waals surface area (Å²) in [5.41, 5.74) is 8.02. The highest BCUT2D eigenvalue weighted by atomic mass is 35.5. The zero-order chi connectivity index (χ0) is 37.4. The zero-order valence-corrected chi connectivity index (χ0v) is 31.9. The van der Waals surface area contributed by atoms with Gasteiger partial charge in [0, 0.05) is 66.9 Å². The van der Waals surface area contributed by atoms with Gasteiger partial charge in [0.25, 0.3) is 0 Å². The lowest BCUT2D eigenvalue weighted by Crippen LogP contribution is -2.34. The van der Waals surface area contributed by atoms with E-state index in [1.807, 2.05) is 71.4 Å². The van der Waals surface area contributed by atoms with E-state index in [-0.39, 0.29) is 13.2 Å². The smallest absolute Gasteiger partial charge is 0.142 e. The predicted molar refractivity (Wildman–Crippen MR) is 212 cm³/mol. The second-order valence-corrected chi connectivity index (χ2v) is 14.5. The summed E-state index contributed by atoms with van der Waals surface area (Å²) < 4.78 is 20.9. The molecule has 1 aliphatic rings. The Morgan fingerprint density at radius 1 is 0.870 bits per heavy atom. The molecule has 0 amide bonds. The number of hydrogen-bond donors (Lipinski definition) is 1. The third-order valence-corrected chi connectivity index (χ3v) is 10.4. The molecule has 4 heterocycles. The molecule has 3 aromatic carbocycles. The molecule has 0 saturated carbocycles. The first-order chi connectivity index (χ1) is 26.3. The molecule has 0 radical (unpaired) electrons. The van der Waals surface area contributed by atoms with Crippen molar-refractivity contribution in [2.45, 2.75) is 46.1 Å². The van der Waals surface area contributed by atoms with Gasteiger partial charge in [-0.05, 0) is 86.4 Å². The van der Waals surface area contributed by atoms with E-state index in [0.29, 0.717) is 58.5 Å². The molecule has 9 nitrogen and oxygen atoms in total. The van der Waals surface area contributed by atoms with Gasteiger partial charge in [-0.3, -0.25) is 4.98 Å². The molecule has 1 unspecified atom stereocenters. The third-order valence-electron chi connectivity index (χ3n) is 9.75. The normalized spacial score (nSPS) is 14.5. The minimum absolute atomic E-state index is 0.214. The lowest BCUT2D eigenvalue weighted by atomic mass is 9.96. The fourth-order valence-electron chi connectivity index (χ4n) is 6.88. The first-order valence-electron chi connectivity index (χ1n) is 18.1. The summed E-state index contributed by atoms with van der Waals surface area (Å²) in [6.45, 7) is 6.42. The summed E-state index contributed by atoms with van der Waals surface area (Å²) in [5.74, 6) is 2.29. The molecule has 3 aromatic heterocycles. The van der Waals surface area contributed by atoms with Crippen LogP contribution in [0.2, 0.25) is 10.0 Å². The van der Waals surface area contributed by atoms with Crippen LogP contribution in [0, 0.1) is 24.2 Å². The van der Waals surface area contributed by atoms with E-state index >= 15 is 0 Å². The van der Waals surface area contributed by atoms with Gasteiger partial charge in [-0.25, -0.2) is 4.52 Å². The maximum absolute atomic E-state index is 9.36. The number of likely N-dealkylation sites (tertiary alicyclic amines) is 1. The Balaban J connectivity index is 1.07. The minimum atomic E-state index is 0.214. The molecule has 54 heavy (non-hydrogen) atoms. The molecule has 1 aliphatic heterocycles. The topological polar surface area (TPSA) is 96.9 Å². The van der Waals surface area contributed by atoms with Crippen molar-refractivity contribution in [3.63, 3.8) is 0 Å². The molecule has 11 heteroatoms. The quantitative estimate of drug-likeness (QED) is 0.118. The van der Waals surface area contributed by atoms with Crippen LogP contribution in [0.3, 0.4) is 0 Å². The minimum Gasteiger partial charge on any atom is -0.492 e. The van der Waals surface area contributed by atoms with E-state index in [1.165, 1.54) is 12.6 Å². The van der Waals surface area contributed by atoms with E-state index in [9.17, 15) is 5.26 Å². The molecule has 0 spiro atoms. The van der Waals surface area contributed by atoms with Crippen molar-refractivity contribution in [1.29, 1.82) is 5.26 Å². The Morgan fingerprint density at radius 2 is 1.72 bits per heavy atom. The number of aromatic nitrogens is 3. The molecular weight excluding hydrogens is 719 g/mol. The number of hydrogen-bond acceptors (Lipinski definition) is 8. The summed E-state index contributed by atoms with van der Waals surface area (Å²) in [4.78, 5) is 6.54.